The minimum absolute atomic E-state index is 0.131. The maximum atomic E-state index is 11.7. The van der Waals surface area contributed by atoms with Crippen LogP contribution in [0.15, 0.2) is 0 Å². The summed E-state index contributed by atoms with van der Waals surface area (Å²) in [5, 5.41) is 2.71. The van der Waals surface area contributed by atoms with Crippen LogP contribution in [0.25, 0.3) is 0 Å². The van der Waals surface area contributed by atoms with Gasteiger partial charge in [0.05, 0.1) is 6.04 Å². The number of carbonyl (C=O) groups is 2. The molecule has 3 N–H and O–H groups in total. The summed E-state index contributed by atoms with van der Waals surface area (Å²) in [6.07, 6.45) is 4.15. The molecule has 0 aromatic carbocycles. The fourth-order valence-corrected chi connectivity index (χ4v) is 1.99. The second-order valence-electron chi connectivity index (χ2n) is 4.52. The smallest absolute Gasteiger partial charge is 0.236 e. The number of likely N-dealkylation sites (tertiary alicyclic amines) is 1. The number of nitrogens with one attached hydrogen (secondary N) is 1. The fraction of sp³-hybridized carbons (Fsp3) is 0.833. The van der Waals surface area contributed by atoms with Crippen molar-refractivity contribution in [2.75, 3.05) is 19.6 Å². The first-order valence-corrected chi connectivity index (χ1v) is 6.46. The van der Waals surface area contributed by atoms with Gasteiger partial charge in [0.15, 0.2) is 0 Å². The number of hydrogen-bond acceptors (Lipinski definition) is 3. The van der Waals surface area contributed by atoms with Crippen molar-refractivity contribution >= 4 is 11.8 Å². The van der Waals surface area contributed by atoms with Gasteiger partial charge < -0.3 is 16.0 Å². The first-order valence-electron chi connectivity index (χ1n) is 6.46. The predicted molar refractivity (Wildman–Crippen MR) is 66.3 cm³/mol. The molecule has 0 spiro atoms. The zero-order valence-electron chi connectivity index (χ0n) is 10.6. The monoisotopic (exact) mass is 241 g/mol. The van der Waals surface area contributed by atoms with Crippen molar-refractivity contribution in [2.24, 2.45) is 5.73 Å². The van der Waals surface area contributed by atoms with Gasteiger partial charge in [-0.3, -0.25) is 9.59 Å². The number of hydrogen-bond donors (Lipinski definition) is 2. The van der Waals surface area contributed by atoms with Crippen molar-refractivity contribution in [1.29, 1.82) is 0 Å². The van der Waals surface area contributed by atoms with E-state index >= 15 is 0 Å². The van der Waals surface area contributed by atoms with Crippen molar-refractivity contribution in [1.82, 2.24) is 10.2 Å². The second kappa shape index (κ2) is 7.27. The maximum Gasteiger partial charge on any atom is 0.236 e. The molecular weight excluding hydrogens is 218 g/mol. The Hall–Kier alpha value is -1.10. The molecule has 2 amide bonds. The first kappa shape index (κ1) is 14.0. The van der Waals surface area contributed by atoms with Crippen molar-refractivity contribution in [3.8, 4) is 0 Å². The maximum absolute atomic E-state index is 11.7. The summed E-state index contributed by atoms with van der Waals surface area (Å²) in [5.41, 5.74) is 5.66. The van der Waals surface area contributed by atoms with E-state index in [1.807, 2.05) is 11.8 Å². The molecule has 0 bridgehead atoms. The summed E-state index contributed by atoms with van der Waals surface area (Å²) in [6.45, 7) is 4.11. The van der Waals surface area contributed by atoms with Gasteiger partial charge in [-0.05, 0) is 19.3 Å². The Bertz CT molecular complexity index is 262. The van der Waals surface area contributed by atoms with Crippen molar-refractivity contribution < 1.29 is 9.59 Å². The third-order valence-electron chi connectivity index (χ3n) is 3.03. The lowest BCUT2D eigenvalue weighted by atomic mass is 10.1. The summed E-state index contributed by atoms with van der Waals surface area (Å²) in [6, 6.07) is -0.443. The normalized spacial score (nSPS) is 16.9. The van der Waals surface area contributed by atoms with Gasteiger partial charge >= 0.3 is 0 Å². The molecule has 1 atom stereocenters. The summed E-state index contributed by atoms with van der Waals surface area (Å²) in [5.74, 6) is -0.0204. The first-order chi connectivity index (χ1) is 8.15. The molecule has 1 rings (SSSR count). The minimum atomic E-state index is -0.443. The predicted octanol–water partition coefficient (Wildman–Crippen LogP) is 0.243. The van der Waals surface area contributed by atoms with Crippen LogP contribution in [0.3, 0.4) is 0 Å². The van der Waals surface area contributed by atoms with Gasteiger partial charge in [0.1, 0.15) is 0 Å². The number of amides is 2. The lowest BCUT2D eigenvalue weighted by Gasteiger charge is -2.16. The van der Waals surface area contributed by atoms with Gasteiger partial charge in [-0.15, -0.1) is 0 Å². The lowest BCUT2D eigenvalue weighted by Crippen LogP contribution is -2.42. The van der Waals surface area contributed by atoms with Crippen LogP contribution in [-0.2, 0) is 9.59 Å². The van der Waals surface area contributed by atoms with E-state index in [1.165, 1.54) is 0 Å². The van der Waals surface area contributed by atoms with Gasteiger partial charge in [-0.25, -0.2) is 0 Å². The van der Waals surface area contributed by atoms with Gasteiger partial charge in [0.2, 0.25) is 11.8 Å². The van der Waals surface area contributed by atoms with E-state index in [0.717, 1.165) is 32.4 Å². The quantitative estimate of drug-likeness (QED) is 0.699. The molecule has 5 nitrogen and oxygen atoms in total. The van der Waals surface area contributed by atoms with E-state index < -0.39 is 6.04 Å². The molecule has 0 saturated carbocycles. The fourth-order valence-electron chi connectivity index (χ4n) is 1.99. The summed E-state index contributed by atoms with van der Waals surface area (Å²) < 4.78 is 0. The number of nitrogens with two attached hydrogens (primary N) is 1. The molecule has 1 saturated heterocycles. The van der Waals surface area contributed by atoms with Crippen LogP contribution in [0.2, 0.25) is 0 Å². The Balaban J connectivity index is 2.14. The highest BCUT2D eigenvalue weighted by molar-refractivity contribution is 5.82. The standard InChI is InChI=1S/C12H23N3O2/c1-2-5-10(13)12(17)14-7-6-11(16)15-8-3-4-9-15/h10H,2-9,13H2,1H3,(H,14,17)/t10-/m1/s1. The zero-order chi connectivity index (χ0) is 12.7. The van der Waals surface area contributed by atoms with Crippen molar-refractivity contribution in [3.05, 3.63) is 0 Å². The Morgan fingerprint density at radius 1 is 1.35 bits per heavy atom. The van der Waals surface area contributed by atoms with Crippen LogP contribution in [0.5, 0.6) is 0 Å². The molecule has 1 heterocycles. The van der Waals surface area contributed by atoms with Crippen LogP contribution in [-0.4, -0.2) is 42.4 Å². The van der Waals surface area contributed by atoms with Crippen LogP contribution < -0.4 is 11.1 Å². The van der Waals surface area contributed by atoms with Crippen LogP contribution in [0, 0.1) is 0 Å². The van der Waals surface area contributed by atoms with Gasteiger partial charge in [0, 0.05) is 26.1 Å². The van der Waals surface area contributed by atoms with E-state index in [0.29, 0.717) is 19.4 Å². The van der Waals surface area contributed by atoms with E-state index in [4.69, 9.17) is 5.73 Å². The van der Waals surface area contributed by atoms with E-state index in [1.54, 1.807) is 0 Å². The zero-order valence-corrected chi connectivity index (χ0v) is 10.6. The van der Waals surface area contributed by atoms with E-state index in [9.17, 15) is 9.59 Å². The molecule has 1 fully saturated rings. The average molecular weight is 241 g/mol. The minimum Gasteiger partial charge on any atom is -0.354 e. The molecule has 1 aliphatic rings. The Labute approximate surface area is 103 Å². The molecule has 0 radical (unpaired) electrons. The third kappa shape index (κ3) is 4.73. The van der Waals surface area contributed by atoms with Gasteiger partial charge in [0.25, 0.3) is 0 Å². The molecule has 0 aliphatic carbocycles. The molecule has 0 aromatic rings. The molecule has 1 aliphatic heterocycles. The summed E-state index contributed by atoms with van der Waals surface area (Å²) >= 11 is 0. The summed E-state index contributed by atoms with van der Waals surface area (Å²) in [4.78, 5) is 25.0. The average Bonchev–Trinajstić information content (AvgIpc) is 2.82. The Kier molecular flexibility index (Phi) is 5.97. The largest absolute Gasteiger partial charge is 0.354 e. The highest BCUT2D eigenvalue weighted by atomic mass is 16.2. The Morgan fingerprint density at radius 3 is 2.59 bits per heavy atom. The molecule has 5 heteroatoms. The summed E-state index contributed by atoms with van der Waals surface area (Å²) in [7, 11) is 0. The van der Waals surface area contributed by atoms with Crippen LogP contribution in [0.1, 0.15) is 39.0 Å². The van der Waals surface area contributed by atoms with E-state index in [-0.39, 0.29) is 11.8 Å². The van der Waals surface area contributed by atoms with Crippen LogP contribution in [0.4, 0.5) is 0 Å². The molecule has 0 aromatic heterocycles. The molecule has 0 unspecified atom stereocenters. The topological polar surface area (TPSA) is 75.4 Å². The van der Waals surface area contributed by atoms with E-state index in [2.05, 4.69) is 5.32 Å². The van der Waals surface area contributed by atoms with Crippen molar-refractivity contribution in [3.63, 3.8) is 0 Å². The molecular formula is C12H23N3O2. The lowest BCUT2D eigenvalue weighted by molar-refractivity contribution is -0.130. The van der Waals surface area contributed by atoms with Gasteiger partial charge in [-0.2, -0.15) is 0 Å². The van der Waals surface area contributed by atoms with Crippen LogP contribution >= 0.6 is 0 Å². The van der Waals surface area contributed by atoms with Gasteiger partial charge in [-0.1, -0.05) is 13.3 Å². The number of nitrogens with zero attached hydrogens (tertiary/aromatic N) is 1. The molecule has 98 valence electrons. The number of rotatable bonds is 6. The SMILES string of the molecule is CCC[C@@H](N)C(=O)NCCC(=O)N1CCCC1. The second-order valence-corrected chi connectivity index (χ2v) is 4.52. The molecule has 17 heavy (non-hydrogen) atoms. The Morgan fingerprint density at radius 2 is 2.00 bits per heavy atom. The highest BCUT2D eigenvalue weighted by Gasteiger charge is 2.18. The third-order valence-corrected chi connectivity index (χ3v) is 3.03. The number of carbonyl (C=O) groups excluding carboxylic acids is 2. The highest BCUT2D eigenvalue weighted by Crippen LogP contribution is 2.08. The van der Waals surface area contributed by atoms with Crippen molar-refractivity contribution in [2.45, 2.75) is 45.1 Å².